The van der Waals surface area contributed by atoms with E-state index in [9.17, 15) is 14.4 Å². The quantitative estimate of drug-likeness (QED) is 0.287. The Morgan fingerprint density at radius 1 is 1.05 bits per heavy atom. The van der Waals surface area contributed by atoms with Crippen molar-refractivity contribution in [3.63, 3.8) is 0 Å². The summed E-state index contributed by atoms with van der Waals surface area (Å²) in [6.45, 7) is 5.88. The van der Waals surface area contributed by atoms with E-state index in [0.29, 0.717) is 41.8 Å². The molecule has 202 valence electrons. The van der Waals surface area contributed by atoms with E-state index < -0.39 is 0 Å². The van der Waals surface area contributed by atoms with Gasteiger partial charge in [0.15, 0.2) is 5.78 Å². The van der Waals surface area contributed by atoms with Gasteiger partial charge in [-0.1, -0.05) is 12.1 Å². The van der Waals surface area contributed by atoms with E-state index in [-0.39, 0.29) is 23.6 Å². The van der Waals surface area contributed by atoms with Gasteiger partial charge < -0.3 is 10.2 Å². The first-order chi connectivity index (χ1) is 19.0. The molecule has 0 bridgehead atoms. The Kier molecular flexibility index (Phi) is 7.32. The van der Waals surface area contributed by atoms with Gasteiger partial charge in [0.05, 0.1) is 28.5 Å². The van der Waals surface area contributed by atoms with Crippen molar-refractivity contribution in [2.45, 2.75) is 57.9 Å². The molecular weight excluding hydrogens is 508 g/mol. The monoisotopic (exact) mass is 542 g/mol. The number of hydrogen-bond acceptors (Lipinski definition) is 7. The van der Waals surface area contributed by atoms with Crippen molar-refractivity contribution in [2.75, 3.05) is 31.5 Å². The molecule has 0 unspecified atom stereocenters. The van der Waals surface area contributed by atoms with Crippen molar-refractivity contribution in [3.8, 4) is 0 Å². The highest BCUT2D eigenvalue weighted by molar-refractivity contribution is 7.09. The number of allylic oxidation sites excluding steroid dienone is 4. The maximum atomic E-state index is 13.2. The summed E-state index contributed by atoms with van der Waals surface area (Å²) in [6, 6.07) is 7.82. The van der Waals surface area contributed by atoms with Gasteiger partial charge in [0, 0.05) is 42.1 Å². The number of anilines is 1. The fourth-order valence-corrected chi connectivity index (χ4v) is 6.87. The van der Waals surface area contributed by atoms with Gasteiger partial charge in [0.25, 0.3) is 11.8 Å². The molecule has 1 aliphatic carbocycles. The standard InChI is InChI=1S/C31H34N4O3S/c1-20(16-22-8-7-15-39-22)32-25-9-6-10-28(36)29(25)27-18-21-17-23-24(19-26(21)33-27)31(38)35(30(23)37)14-5-4-13-34-11-2-3-12-34/h6-9,15,17,19-20,33H,2-5,10-14,16,18H2,1H3/t20-/m0/s1. The van der Waals surface area contributed by atoms with Crippen molar-refractivity contribution in [2.24, 2.45) is 4.99 Å². The van der Waals surface area contributed by atoms with E-state index in [1.165, 1.54) is 22.6 Å². The fraction of sp³-hybridized carbons (Fsp3) is 0.419. The van der Waals surface area contributed by atoms with Crippen LogP contribution in [0.5, 0.6) is 0 Å². The van der Waals surface area contributed by atoms with Crippen molar-refractivity contribution in [1.29, 1.82) is 0 Å². The SMILES string of the molecule is C[C@@H](Cc1cccs1)N=C1C=CCC(=O)C1=C1Cc2cc3c(cc2N1)C(=O)N(CCCCN1CCCC1)C3=O. The van der Waals surface area contributed by atoms with Crippen LogP contribution in [-0.4, -0.2) is 65.3 Å². The van der Waals surface area contributed by atoms with Crippen molar-refractivity contribution in [3.05, 3.63) is 74.6 Å². The second-order valence-corrected chi connectivity index (χ2v) is 11.9. The zero-order valence-electron chi connectivity index (χ0n) is 22.4. The van der Waals surface area contributed by atoms with Crippen LogP contribution in [-0.2, 0) is 17.6 Å². The lowest BCUT2D eigenvalue weighted by Gasteiger charge is -2.17. The van der Waals surface area contributed by atoms with E-state index >= 15 is 0 Å². The number of nitrogens with zero attached hydrogens (tertiary/aromatic N) is 3. The molecular formula is C31H34N4O3S. The molecule has 39 heavy (non-hydrogen) atoms. The summed E-state index contributed by atoms with van der Waals surface area (Å²) in [6.07, 6.45) is 9.82. The van der Waals surface area contributed by atoms with Crippen molar-refractivity contribution in [1.82, 2.24) is 9.80 Å². The normalized spacial score (nSPS) is 22.6. The molecule has 6 rings (SSSR count). The number of aliphatic imine (C=N–C) groups is 1. The Morgan fingerprint density at radius 2 is 1.82 bits per heavy atom. The average molecular weight is 543 g/mol. The van der Waals surface area contributed by atoms with E-state index in [1.807, 2.05) is 24.3 Å². The van der Waals surface area contributed by atoms with Crippen molar-refractivity contribution < 1.29 is 14.4 Å². The third-order valence-corrected chi connectivity index (χ3v) is 8.90. The third kappa shape index (κ3) is 5.28. The van der Waals surface area contributed by atoms with E-state index in [2.05, 4.69) is 28.6 Å². The number of carbonyl (C=O) groups is 3. The minimum absolute atomic E-state index is 0.0361. The number of hydrogen-bond donors (Lipinski definition) is 1. The van der Waals surface area contributed by atoms with Crippen molar-refractivity contribution >= 4 is 40.3 Å². The summed E-state index contributed by atoms with van der Waals surface area (Å²) in [7, 11) is 0. The second-order valence-electron chi connectivity index (χ2n) is 10.9. The number of ketones is 1. The topological polar surface area (TPSA) is 82.1 Å². The van der Waals surface area contributed by atoms with Crippen LogP contribution >= 0.6 is 11.3 Å². The van der Waals surface area contributed by atoms with Crippen LogP contribution in [0.4, 0.5) is 5.69 Å². The van der Waals surface area contributed by atoms with Crippen LogP contribution in [0.2, 0.25) is 0 Å². The Morgan fingerprint density at radius 3 is 2.59 bits per heavy atom. The highest BCUT2D eigenvalue weighted by atomic mass is 32.1. The molecule has 1 aromatic carbocycles. The number of nitrogens with one attached hydrogen (secondary N) is 1. The summed E-state index contributed by atoms with van der Waals surface area (Å²) in [5.74, 6) is -0.390. The molecule has 7 nitrogen and oxygen atoms in total. The Hall–Kier alpha value is -3.36. The first-order valence-corrected chi connectivity index (χ1v) is 14.9. The number of carbonyl (C=O) groups excluding carboxylic acids is 3. The van der Waals surface area contributed by atoms with E-state index in [1.54, 1.807) is 17.4 Å². The number of unbranched alkanes of at least 4 members (excludes halogenated alkanes) is 1. The molecule has 1 N–H and O–H groups in total. The van der Waals surface area contributed by atoms with Gasteiger partial charge in [0.1, 0.15) is 0 Å². The Balaban J connectivity index is 1.18. The van der Waals surface area contributed by atoms with E-state index in [4.69, 9.17) is 4.99 Å². The average Bonchev–Trinajstić information content (AvgIpc) is 3.71. The largest absolute Gasteiger partial charge is 0.358 e. The summed E-state index contributed by atoms with van der Waals surface area (Å²) in [5.41, 5.74) is 4.76. The molecule has 2 amide bonds. The maximum Gasteiger partial charge on any atom is 0.261 e. The van der Waals surface area contributed by atoms with Crippen LogP contribution in [0.25, 0.3) is 0 Å². The van der Waals surface area contributed by atoms with Crippen LogP contribution < -0.4 is 5.32 Å². The minimum atomic E-state index is -0.219. The minimum Gasteiger partial charge on any atom is -0.358 e. The highest BCUT2D eigenvalue weighted by Gasteiger charge is 2.37. The number of rotatable bonds is 8. The maximum absolute atomic E-state index is 13.2. The first-order valence-electron chi connectivity index (χ1n) is 14.0. The van der Waals surface area contributed by atoms with Crippen LogP contribution in [0.15, 0.2) is 58.1 Å². The molecule has 1 saturated heterocycles. The van der Waals surface area contributed by atoms with Gasteiger partial charge in [-0.2, -0.15) is 0 Å². The van der Waals surface area contributed by atoms with Crippen LogP contribution in [0.1, 0.15) is 70.2 Å². The first kappa shape index (κ1) is 25.9. The Bertz CT molecular complexity index is 1350. The number of likely N-dealkylation sites (tertiary alicyclic amines) is 1. The molecule has 2 aromatic rings. The lowest BCUT2D eigenvalue weighted by molar-refractivity contribution is -0.114. The summed E-state index contributed by atoms with van der Waals surface area (Å²) < 4.78 is 0. The summed E-state index contributed by atoms with van der Waals surface area (Å²) >= 11 is 1.71. The zero-order valence-corrected chi connectivity index (χ0v) is 23.2. The number of amides is 2. The van der Waals surface area contributed by atoms with Gasteiger partial charge in [-0.25, -0.2) is 0 Å². The second kappa shape index (κ2) is 11.0. The van der Waals surface area contributed by atoms with Gasteiger partial charge in [-0.15, -0.1) is 11.3 Å². The molecule has 1 fully saturated rings. The molecule has 0 radical (unpaired) electrons. The highest BCUT2D eigenvalue weighted by Crippen LogP contribution is 2.36. The number of benzene rings is 1. The van der Waals surface area contributed by atoms with Gasteiger partial charge in [0.2, 0.25) is 0 Å². The number of Topliss-reactive ketones (excluding diaryl/α,β-unsaturated/α-hetero) is 1. The lowest BCUT2D eigenvalue weighted by atomic mass is 9.93. The summed E-state index contributed by atoms with van der Waals surface area (Å²) in [4.78, 5) is 49.4. The molecule has 0 spiro atoms. The van der Waals surface area contributed by atoms with Crippen LogP contribution in [0, 0.1) is 0 Å². The molecule has 8 heteroatoms. The molecule has 0 saturated carbocycles. The van der Waals surface area contributed by atoms with Gasteiger partial charge in [-0.3, -0.25) is 24.3 Å². The molecule has 1 atom stereocenters. The third-order valence-electron chi connectivity index (χ3n) is 8.00. The fourth-order valence-electron chi connectivity index (χ4n) is 6.05. The Labute approximate surface area is 233 Å². The number of fused-ring (bicyclic) bond motifs is 2. The smallest absolute Gasteiger partial charge is 0.261 e. The summed E-state index contributed by atoms with van der Waals surface area (Å²) in [5, 5.41) is 5.47. The van der Waals surface area contributed by atoms with E-state index in [0.717, 1.165) is 55.8 Å². The van der Waals surface area contributed by atoms with Gasteiger partial charge >= 0.3 is 0 Å². The predicted octanol–water partition coefficient (Wildman–Crippen LogP) is 5.04. The number of thiophene rings is 1. The zero-order chi connectivity index (χ0) is 26.9. The molecule has 3 aliphatic heterocycles. The number of imide groups is 1. The molecule has 4 heterocycles. The molecule has 1 aromatic heterocycles. The van der Waals surface area contributed by atoms with Gasteiger partial charge in [-0.05, 0) is 87.5 Å². The lowest BCUT2D eigenvalue weighted by Crippen LogP contribution is -2.31. The predicted molar refractivity (Wildman–Crippen MR) is 155 cm³/mol. The van der Waals surface area contributed by atoms with Crippen LogP contribution in [0.3, 0.4) is 0 Å². The molecule has 4 aliphatic rings.